The Balaban J connectivity index is 1.78. The largest absolute Gasteiger partial charge is 0.497 e. The van der Waals surface area contributed by atoms with E-state index in [2.05, 4.69) is 5.32 Å². The molecule has 0 spiro atoms. The van der Waals surface area contributed by atoms with E-state index in [1.807, 2.05) is 0 Å². The van der Waals surface area contributed by atoms with Gasteiger partial charge in [0.1, 0.15) is 5.75 Å². The molecule has 10 heteroatoms. The quantitative estimate of drug-likeness (QED) is 0.240. The van der Waals surface area contributed by atoms with Gasteiger partial charge in [0.25, 0.3) is 5.91 Å². The smallest absolute Gasteiger partial charge is 0.251 e. The maximum atomic E-state index is 12.0. The van der Waals surface area contributed by atoms with Gasteiger partial charge in [-0.15, -0.1) is 0 Å². The summed E-state index contributed by atoms with van der Waals surface area (Å²) in [5.41, 5.74) is 0.548. The first kappa shape index (κ1) is 28.2. The molecule has 1 aromatic carbocycles. The Kier molecular flexibility index (Phi) is 18.6. The van der Waals surface area contributed by atoms with E-state index in [9.17, 15) is 4.79 Å². The number of carbonyl (C=O) groups is 1. The number of hydrogen-bond acceptors (Lipinski definition) is 9. The van der Waals surface area contributed by atoms with E-state index in [1.165, 1.54) is 0 Å². The Labute approximate surface area is 190 Å². The minimum atomic E-state index is -0.166. The number of benzene rings is 1. The van der Waals surface area contributed by atoms with E-state index in [4.69, 9.17) is 38.3 Å². The van der Waals surface area contributed by atoms with Crippen LogP contribution >= 0.6 is 0 Å². The minimum absolute atomic E-state index is 0.0231. The average molecular weight is 460 g/mol. The lowest BCUT2D eigenvalue weighted by atomic mass is 10.2. The van der Waals surface area contributed by atoms with Crippen LogP contribution in [0.5, 0.6) is 5.75 Å². The second kappa shape index (κ2) is 21.1. The predicted molar refractivity (Wildman–Crippen MR) is 117 cm³/mol. The van der Waals surface area contributed by atoms with Gasteiger partial charge in [0, 0.05) is 12.1 Å². The van der Waals surface area contributed by atoms with Crippen LogP contribution < -0.4 is 10.1 Å². The van der Waals surface area contributed by atoms with Crippen molar-refractivity contribution in [3.63, 3.8) is 0 Å². The first-order valence-electron chi connectivity index (χ1n) is 10.8. The standard InChI is InChI=1S/C22H37NO9/c1-26-21-4-2-3-20(19-21)22(25)23-5-7-27-9-11-29-13-15-31-17-18-32-16-14-30-12-10-28-8-6-24/h2-4,19,24H,5-18H2,1H3,(H,23,25). The molecule has 0 aromatic heterocycles. The van der Waals surface area contributed by atoms with Gasteiger partial charge >= 0.3 is 0 Å². The Hall–Kier alpha value is -1.79. The normalized spacial score (nSPS) is 10.9. The van der Waals surface area contributed by atoms with Gasteiger partial charge in [0.15, 0.2) is 0 Å². The minimum Gasteiger partial charge on any atom is -0.497 e. The van der Waals surface area contributed by atoms with Crippen LogP contribution in [0.4, 0.5) is 0 Å². The van der Waals surface area contributed by atoms with Gasteiger partial charge in [0.2, 0.25) is 0 Å². The highest BCUT2D eigenvalue weighted by Crippen LogP contribution is 2.12. The molecule has 0 fully saturated rings. The lowest BCUT2D eigenvalue weighted by Gasteiger charge is -2.09. The second-order valence-electron chi connectivity index (χ2n) is 6.39. The van der Waals surface area contributed by atoms with Gasteiger partial charge in [-0.05, 0) is 18.2 Å². The summed E-state index contributed by atoms with van der Waals surface area (Å²) in [7, 11) is 1.56. The zero-order valence-electron chi connectivity index (χ0n) is 18.9. The third kappa shape index (κ3) is 15.9. The molecule has 0 aliphatic rings. The Morgan fingerprint density at radius 1 is 0.750 bits per heavy atom. The molecule has 32 heavy (non-hydrogen) atoms. The monoisotopic (exact) mass is 459 g/mol. The van der Waals surface area contributed by atoms with Crippen molar-refractivity contribution >= 4 is 5.91 Å². The second-order valence-corrected chi connectivity index (χ2v) is 6.39. The molecule has 0 bridgehead atoms. The van der Waals surface area contributed by atoms with Crippen LogP contribution in [0.2, 0.25) is 0 Å². The van der Waals surface area contributed by atoms with Crippen LogP contribution in [-0.2, 0) is 28.4 Å². The van der Waals surface area contributed by atoms with Crippen LogP contribution in [0.1, 0.15) is 10.4 Å². The van der Waals surface area contributed by atoms with Crippen molar-refractivity contribution in [2.24, 2.45) is 0 Å². The summed E-state index contributed by atoms with van der Waals surface area (Å²) in [6.45, 7) is 5.99. The maximum Gasteiger partial charge on any atom is 0.251 e. The number of nitrogens with one attached hydrogen (secondary N) is 1. The van der Waals surface area contributed by atoms with Crippen molar-refractivity contribution in [3.8, 4) is 5.75 Å². The summed E-state index contributed by atoms with van der Waals surface area (Å²) in [6.07, 6.45) is 0. The molecule has 184 valence electrons. The summed E-state index contributed by atoms with van der Waals surface area (Å²) in [6, 6.07) is 6.98. The third-order valence-electron chi connectivity index (χ3n) is 3.96. The van der Waals surface area contributed by atoms with E-state index in [0.29, 0.717) is 97.1 Å². The van der Waals surface area contributed by atoms with E-state index < -0.39 is 0 Å². The highest BCUT2D eigenvalue weighted by atomic mass is 16.6. The van der Waals surface area contributed by atoms with Crippen LogP contribution in [0.15, 0.2) is 24.3 Å². The van der Waals surface area contributed by atoms with Crippen molar-refractivity contribution < 1.29 is 43.1 Å². The van der Waals surface area contributed by atoms with Gasteiger partial charge in [-0.1, -0.05) is 6.07 Å². The maximum absolute atomic E-state index is 12.0. The first-order chi connectivity index (χ1) is 15.8. The van der Waals surface area contributed by atoms with Crippen molar-refractivity contribution in [2.45, 2.75) is 0 Å². The van der Waals surface area contributed by atoms with Gasteiger partial charge in [0.05, 0.1) is 93.0 Å². The number of amides is 1. The molecule has 10 nitrogen and oxygen atoms in total. The highest BCUT2D eigenvalue weighted by Gasteiger charge is 2.05. The molecule has 1 aromatic rings. The van der Waals surface area contributed by atoms with Gasteiger partial charge in [-0.3, -0.25) is 4.79 Å². The Morgan fingerprint density at radius 3 is 1.69 bits per heavy atom. The Morgan fingerprint density at radius 2 is 1.22 bits per heavy atom. The van der Waals surface area contributed by atoms with Gasteiger partial charge < -0.3 is 43.6 Å². The zero-order chi connectivity index (χ0) is 23.1. The lowest BCUT2D eigenvalue weighted by molar-refractivity contribution is -0.0180. The molecule has 0 aliphatic carbocycles. The topological polar surface area (TPSA) is 114 Å². The van der Waals surface area contributed by atoms with E-state index in [1.54, 1.807) is 31.4 Å². The van der Waals surface area contributed by atoms with Crippen molar-refractivity contribution in [1.82, 2.24) is 5.32 Å². The lowest BCUT2D eigenvalue weighted by Crippen LogP contribution is -2.27. The molecule has 1 amide bonds. The molecular weight excluding hydrogens is 422 g/mol. The average Bonchev–Trinajstić information content (AvgIpc) is 2.82. The highest BCUT2D eigenvalue weighted by molar-refractivity contribution is 5.94. The molecule has 0 saturated carbocycles. The summed E-state index contributed by atoms with van der Waals surface area (Å²) >= 11 is 0. The van der Waals surface area contributed by atoms with Crippen LogP contribution in [0.3, 0.4) is 0 Å². The van der Waals surface area contributed by atoms with Gasteiger partial charge in [-0.25, -0.2) is 0 Å². The van der Waals surface area contributed by atoms with Crippen LogP contribution in [0, 0.1) is 0 Å². The number of aliphatic hydroxyl groups excluding tert-OH is 1. The summed E-state index contributed by atoms with van der Waals surface area (Å²) in [5, 5.41) is 11.3. The Bertz CT molecular complexity index is 574. The van der Waals surface area contributed by atoms with Crippen LogP contribution in [0.25, 0.3) is 0 Å². The predicted octanol–water partition coefficient (Wildman–Crippen LogP) is 0.517. The van der Waals surface area contributed by atoms with Crippen molar-refractivity contribution in [1.29, 1.82) is 0 Å². The van der Waals surface area contributed by atoms with Crippen molar-refractivity contribution in [2.75, 3.05) is 99.5 Å². The molecular formula is C22H37NO9. The van der Waals surface area contributed by atoms with Crippen molar-refractivity contribution in [3.05, 3.63) is 29.8 Å². The summed E-state index contributed by atoms with van der Waals surface area (Å²) in [5.74, 6) is 0.478. The summed E-state index contributed by atoms with van der Waals surface area (Å²) in [4.78, 5) is 12.0. The number of ether oxygens (including phenoxy) is 7. The molecule has 0 aliphatic heterocycles. The number of methoxy groups -OCH3 is 1. The third-order valence-corrected chi connectivity index (χ3v) is 3.96. The molecule has 0 atom stereocenters. The zero-order valence-corrected chi connectivity index (χ0v) is 18.9. The number of carbonyl (C=O) groups excluding carboxylic acids is 1. The molecule has 2 N–H and O–H groups in total. The fraction of sp³-hybridized carbons (Fsp3) is 0.682. The molecule has 0 heterocycles. The number of hydrogen-bond donors (Lipinski definition) is 2. The molecule has 1 rings (SSSR count). The number of aliphatic hydroxyl groups is 1. The SMILES string of the molecule is COc1cccc(C(=O)NCCOCCOCCOCCOCCOCCOCCO)c1. The van der Waals surface area contributed by atoms with Crippen LogP contribution in [-0.4, -0.2) is 111 Å². The van der Waals surface area contributed by atoms with E-state index in [0.717, 1.165) is 0 Å². The first-order valence-corrected chi connectivity index (χ1v) is 10.8. The molecule has 0 saturated heterocycles. The van der Waals surface area contributed by atoms with E-state index in [-0.39, 0.29) is 12.5 Å². The summed E-state index contributed by atoms with van der Waals surface area (Å²) < 4.78 is 37.1. The number of rotatable bonds is 22. The molecule has 0 radical (unpaired) electrons. The molecule has 0 unspecified atom stereocenters. The van der Waals surface area contributed by atoms with E-state index >= 15 is 0 Å². The van der Waals surface area contributed by atoms with Gasteiger partial charge in [-0.2, -0.15) is 0 Å². The fourth-order valence-electron chi connectivity index (χ4n) is 2.37. The fourth-order valence-corrected chi connectivity index (χ4v) is 2.37.